The fourth-order valence-electron chi connectivity index (χ4n) is 1.77. The van der Waals surface area contributed by atoms with Gasteiger partial charge in [-0.05, 0) is 18.9 Å². The van der Waals surface area contributed by atoms with Crippen LogP contribution in [-0.2, 0) is 4.74 Å². The van der Waals surface area contributed by atoms with Crippen molar-refractivity contribution in [1.29, 1.82) is 0 Å². The van der Waals surface area contributed by atoms with Gasteiger partial charge in [0.1, 0.15) is 0 Å². The molecule has 0 unspecified atom stereocenters. The topological polar surface area (TPSA) is 55.3 Å². The Labute approximate surface area is 105 Å². The van der Waals surface area contributed by atoms with Gasteiger partial charge in [0.2, 0.25) is 5.95 Å². The molecule has 2 heterocycles. The van der Waals surface area contributed by atoms with Crippen LogP contribution in [0.3, 0.4) is 0 Å². The van der Waals surface area contributed by atoms with E-state index in [4.69, 9.17) is 11.6 Å². The second-order valence-electron chi connectivity index (χ2n) is 3.90. The third-order valence-corrected chi connectivity index (χ3v) is 3.18. The van der Waals surface area contributed by atoms with Crippen molar-refractivity contribution in [2.24, 2.45) is 0 Å². The van der Waals surface area contributed by atoms with Crippen molar-refractivity contribution in [3.05, 3.63) is 18.0 Å². The Morgan fingerprint density at radius 2 is 2.24 bits per heavy atom. The molecule has 0 saturated carbocycles. The van der Waals surface area contributed by atoms with Crippen LogP contribution >= 0.6 is 11.6 Å². The maximum absolute atomic E-state index is 11.3. The molecular formula is C11H14ClN3O2. The highest BCUT2D eigenvalue weighted by molar-refractivity contribution is 6.20. The Bertz CT molecular complexity index is 405. The minimum Gasteiger partial charge on any atom is -0.464 e. The second kappa shape index (κ2) is 5.31. The molecule has 6 heteroatoms. The zero-order chi connectivity index (χ0) is 12.3. The molecule has 0 N–H and O–H groups in total. The first kappa shape index (κ1) is 12.1. The first-order chi connectivity index (χ1) is 8.20. The van der Waals surface area contributed by atoms with E-state index < -0.39 is 5.97 Å². The van der Waals surface area contributed by atoms with Crippen LogP contribution < -0.4 is 4.90 Å². The van der Waals surface area contributed by atoms with Gasteiger partial charge in [-0.15, -0.1) is 11.6 Å². The molecule has 17 heavy (non-hydrogen) atoms. The normalized spacial score (nSPS) is 16.9. The number of alkyl halides is 1. The van der Waals surface area contributed by atoms with E-state index in [-0.39, 0.29) is 11.1 Å². The van der Waals surface area contributed by atoms with E-state index in [2.05, 4.69) is 14.7 Å². The molecule has 5 nitrogen and oxygen atoms in total. The summed E-state index contributed by atoms with van der Waals surface area (Å²) in [5.41, 5.74) is 0.283. The Morgan fingerprint density at radius 3 is 2.88 bits per heavy atom. The summed E-state index contributed by atoms with van der Waals surface area (Å²) in [5.74, 6) is 0.123. The number of rotatable bonds is 2. The number of ether oxygens (including phenoxy) is 1. The second-order valence-corrected chi connectivity index (χ2v) is 4.51. The third kappa shape index (κ3) is 2.85. The molecule has 1 saturated heterocycles. The number of esters is 1. The average molecular weight is 256 g/mol. The fourth-order valence-corrected chi connectivity index (χ4v) is 1.96. The van der Waals surface area contributed by atoms with Crippen LogP contribution in [0.5, 0.6) is 0 Å². The molecule has 92 valence electrons. The molecule has 2 rings (SSSR count). The van der Waals surface area contributed by atoms with Gasteiger partial charge in [0.05, 0.1) is 7.11 Å². The van der Waals surface area contributed by atoms with Crippen molar-refractivity contribution in [1.82, 2.24) is 9.97 Å². The van der Waals surface area contributed by atoms with E-state index in [9.17, 15) is 4.79 Å². The van der Waals surface area contributed by atoms with Gasteiger partial charge >= 0.3 is 5.97 Å². The lowest BCUT2D eigenvalue weighted by Gasteiger charge is -2.29. The Hall–Kier alpha value is -1.36. The van der Waals surface area contributed by atoms with Crippen LogP contribution in [-0.4, -0.2) is 41.5 Å². The molecule has 1 aliphatic rings. The fraction of sp³-hybridized carbons (Fsp3) is 0.545. The predicted molar refractivity (Wildman–Crippen MR) is 64.5 cm³/mol. The summed E-state index contributed by atoms with van der Waals surface area (Å²) < 4.78 is 4.63. The number of carbonyl (C=O) groups excluding carboxylic acids is 1. The molecule has 1 aromatic rings. The molecule has 0 atom stereocenters. The van der Waals surface area contributed by atoms with E-state index in [0.29, 0.717) is 5.95 Å². The molecule has 0 bridgehead atoms. The van der Waals surface area contributed by atoms with Crippen molar-refractivity contribution >= 4 is 23.5 Å². The molecule has 0 radical (unpaired) electrons. The Kier molecular flexibility index (Phi) is 3.78. The number of methoxy groups -OCH3 is 1. The van der Waals surface area contributed by atoms with Gasteiger partial charge in [-0.2, -0.15) is 0 Å². The molecule has 1 aliphatic heterocycles. The van der Waals surface area contributed by atoms with Gasteiger partial charge in [-0.25, -0.2) is 14.8 Å². The van der Waals surface area contributed by atoms with Crippen LogP contribution in [0.2, 0.25) is 0 Å². The van der Waals surface area contributed by atoms with Crippen LogP contribution in [0.25, 0.3) is 0 Å². The molecule has 1 fully saturated rings. The highest BCUT2D eigenvalue weighted by atomic mass is 35.5. The number of anilines is 1. The molecule has 1 aromatic heterocycles. The minimum absolute atomic E-state index is 0.232. The smallest absolute Gasteiger partial charge is 0.356 e. The van der Waals surface area contributed by atoms with Crippen LogP contribution in [0.1, 0.15) is 23.3 Å². The monoisotopic (exact) mass is 255 g/mol. The molecule has 0 aliphatic carbocycles. The highest BCUT2D eigenvalue weighted by Crippen LogP contribution is 2.19. The number of hydrogen-bond acceptors (Lipinski definition) is 5. The van der Waals surface area contributed by atoms with Gasteiger partial charge < -0.3 is 9.64 Å². The lowest BCUT2D eigenvalue weighted by molar-refractivity contribution is 0.0594. The van der Waals surface area contributed by atoms with Crippen LogP contribution in [0.15, 0.2) is 12.3 Å². The summed E-state index contributed by atoms with van der Waals surface area (Å²) >= 11 is 6.03. The highest BCUT2D eigenvalue weighted by Gasteiger charge is 2.20. The van der Waals surface area contributed by atoms with Crippen molar-refractivity contribution in [2.75, 3.05) is 25.1 Å². The number of hydrogen-bond donors (Lipinski definition) is 0. The van der Waals surface area contributed by atoms with E-state index in [1.807, 2.05) is 4.90 Å². The summed E-state index contributed by atoms with van der Waals surface area (Å²) in [6.07, 6.45) is 3.39. The largest absolute Gasteiger partial charge is 0.464 e. The van der Waals surface area contributed by atoms with Gasteiger partial charge in [0.25, 0.3) is 0 Å². The Morgan fingerprint density at radius 1 is 1.53 bits per heavy atom. The molecule has 0 amide bonds. The van der Waals surface area contributed by atoms with Crippen molar-refractivity contribution < 1.29 is 9.53 Å². The number of halogens is 1. The summed E-state index contributed by atoms with van der Waals surface area (Å²) in [6.45, 7) is 1.64. The van der Waals surface area contributed by atoms with E-state index >= 15 is 0 Å². The zero-order valence-corrected chi connectivity index (χ0v) is 10.4. The van der Waals surface area contributed by atoms with Crippen molar-refractivity contribution in [3.8, 4) is 0 Å². The van der Waals surface area contributed by atoms with Gasteiger partial charge in [0.15, 0.2) is 5.69 Å². The summed E-state index contributed by atoms with van der Waals surface area (Å²) in [7, 11) is 1.34. The minimum atomic E-state index is -0.444. The van der Waals surface area contributed by atoms with Crippen molar-refractivity contribution in [3.63, 3.8) is 0 Å². The summed E-state index contributed by atoms with van der Waals surface area (Å²) in [5, 5.41) is 0.232. The SMILES string of the molecule is COC(=O)c1ccnc(N2CCC(Cl)CC2)n1. The quantitative estimate of drug-likeness (QED) is 0.592. The lowest BCUT2D eigenvalue weighted by atomic mass is 10.1. The first-order valence-electron chi connectivity index (χ1n) is 5.51. The Balaban J connectivity index is 2.13. The standard InChI is InChI=1S/C11H14ClN3O2/c1-17-10(16)9-2-5-13-11(14-9)15-6-3-8(12)4-7-15/h2,5,8H,3-4,6-7H2,1H3. The van der Waals surface area contributed by atoms with Gasteiger partial charge in [0, 0.05) is 24.7 Å². The number of nitrogens with zero attached hydrogens (tertiary/aromatic N) is 3. The first-order valence-corrected chi connectivity index (χ1v) is 5.94. The van der Waals surface area contributed by atoms with Crippen LogP contribution in [0, 0.1) is 0 Å². The molecular weight excluding hydrogens is 242 g/mol. The number of aromatic nitrogens is 2. The van der Waals surface area contributed by atoms with E-state index in [0.717, 1.165) is 25.9 Å². The summed E-state index contributed by atoms with van der Waals surface area (Å²) in [4.78, 5) is 21.7. The van der Waals surface area contributed by atoms with Gasteiger partial charge in [-0.3, -0.25) is 0 Å². The maximum Gasteiger partial charge on any atom is 0.356 e. The van der Waals surface area contributed by atoms with E-state index in [1.54, 1.807) is 12.3 Å². The zero-order valence-electron chi connectivity index (χ0n) is 9.60. The number of piperidine rings is 1. The lowest BCUT2D eigenvalue weighted by Crippen LogP contribution is -2.35. The molecule has 0 spiro atoms. The average Bonchev–Trinajstić information content (AvgIpc) is 2.39. The van der Waals surface area contributed by atoms with Crippen molar-refractivity contribution in [2.45, 2.75) is 18.2 Å². The van der Waals surface area contributed by atoms with Crippen LogP contribution in [0.4, 0.5) is 5.95 Å². The number of carbonyl (C=O) groups is 1. The van der Waals surface area contributed by atoms with Gasteiger partial charge in [-0.1, -0.05) is 0 Å². The maximum atomic E-state index is 11.3. The van der Waals surface area contributed by atoms with E-state index in [1.165, 1.54) is 7.11 Å². The predicted octanol–water partition coefficient (Wildman–Crippen LogP) is 1.47. The third-order valence-electron chi connectivity index (χ3n) is 2.74. The molecule has 0 aromatic carbocycles. The summed E-state index contributed by atoms with van der Waals surface area (Å²) in [6, 6.07) is 1.55.